The molecule has 0 saturated heterocycles. The van der Waals surface area contributed by atoms with Gasteiger partial charge in [0.05, 0.1) is 0 Å². The van der Waals surface area contributed by atoms with E-state index < -0.39 is 0 Å². The normalized spacial score (nSPS) is 19.0. The number of ether oxygens (including phenoxy) is 1. The fourth-order valence-corrected chi connectivity index (χ4v) is 2.61. The second-order valence-electron chi connectivity index (χ2n) is 6.55. The highest BCUT2D eigenvalue weighted by atomic mass is 16.5. The topological polar surface area (TPSA) is 67.8 Å². The summed E-state index contributed by atoms with van der Waals surface area (Å²) in [5, 5.41) is 4.08. The van der Waals surface area contributed by atoms with Crippen molar-refractivity contribution in [1.29, 1.82) is 0 Å². The summed E-state index contributed by atoms with van der Waals surface area (Å²) in [6, 6.07) is 7.50. The minimum atomic E-state index is -0.329. The van der Waals surface area contributed by atoms with Crippen LogP contribution in [0.3, 0.4) is 0 Å². The van der Waals surface area contributed by atoms with Crippen LogP contribution in [0.15, 0.2) is 29.4 Å². The van der Waals surface area contributed by atoms with Gasteiger partial charge in [-0.1, -0.05) is 26.0 Å². The molecule has 1 amide bonds. The molecule has 0 heterocycles. The number of amides is 1. The van der Waals surface area contributed by atoms with Gasteiger partial charge in [0.1, 0.15) is 11.5 Å². The number of aryl methyl sites for hydroxylation is 1. The van der Waals surface area contributed by atoms with Crippen LogP contribution >= 0.6 is 0 Å². The van der Waals surface area contributed by atoms with Gasteiger partial charge in [0.25, 0.3) is 5.91 Å². The number of nitrogens with zero attached hydrogens (tertiary/aromatic N) is 1. The number of rotatable bonds is 4. The maximum Gasteiger partial charge on any atom is 0.277 e. The first-order chi connectivity index (χ1) is 10.3. The van der Waals surface area contributed by atoms with Gasteiger partial charge in [0.15, 0.2) is 6.61 Å². The lowest BCUT2D eigenvalue weighted by Gasteiger charge is -2.28. The van der Waals surface area contributed by atoms with Crippen LogP contribution in [0.2, 0.25) is 0 Å². The molecule has 0 bridgehead atoms. The standard InChI is InChI=1S/C17H22N2O3/c1-12-5-4-6-15(7-12)22-11-16(21)19-18-13-8-14(20)10-17(2,3)9-13/h4-7H,8-11H2,1-3H3,(H,19,21). The monoisotopic (exact) mass is 302 g/mol. The number of ketones is 1. The molecule has 5 heteroatoms. The fourth-order valence-electron chi connectivity index (χ4n) is 2.61. The zero-order valence-corrected chi connectivity index (χ0v) is 13.3. The summed E-state index contributed by atoms with van der Waals surface area (Å²) < 4.78 is 5.40. The zero-order chi connectivity index (χ0) is 16.2. The molecule has 0 aromatic heterocycles. The smallest absolute Gasteiger partial charge is 0.277 e. The molecule has 1 aromatic rings. The van der Waals surface area contributed by atoms with Crippen molar-refractivity contribution in [2.75, 3.05) is 6.61 Å². The van der Waals surface area contributed by atoms with Crippen molar-refractivity contribution in [1.82, 2.24) is 5.43 Å². The van der Waals surface area contributed by atoms with Gasteiger partial charge in [-0.15, -0.1) is 0 Å². The maximum atomic E-state index is 11.8. The van der Waals surface area contributed by atoms with E-state index in [4.69, 9.17) is 4.74 Å². The lowest BCUT2D eigenvalue weighted by atomic mass is 9.76. The van der Waals surface area contributed by atoms with Crippen molar-refractivity contribution in [3.8, 4) is 5.75 Å². The van der Waals surface area contributed by atoms with Crippen molar-refractivity contribution >= 4 is 17.4 Å². The lowest BCUT2D eigenvalue weighted by molar-refractivity contribution is -0.123. The summed E-state index contributed by atoms with van der Waals surface area (Å²) >= 11 is 0. The van der Waals surface area contributed by atoms with Crippen LogP contribution in [0.25, 0.3) is 0 Å². The van der Waals surface area contributed by atoms with Crippen molar-refractivity contribution in [2.24, 2.45) is 10.5 Å². The van der Waals surface area contributed by atoms with Crippen LogP contribution in [0.4, 0.5) is 0 Å². The van der Waals surface area contributed by atoms with E-state index in [1.807, 2.05) is 39.0 Å². The van der Waals surface area contributed by atoms with E-state index in [2.05, 4.69) is 10.5 Å². The Labute approximate surface area is 130 Å². The Bertz CT molecular complexity index is 606. The molecule has 22 heavy (non-hydrogen) atoms. The number of carbonyl (C=O) groups is 2. The predicted octanol–water partition coefficient (Wildman–Crippen LogP) is 2.63. The van der Waals surface area contributed by atoms with Gasteiger partial charge in [0.2, 0.25) is 0 Å². The average molecular weight is 302 g/mol. The molecule has 0 aliphatic heterocycles. The highest BCUT2D eigenvalue weighted by molar-refractivity contribution is 6.05. The van der Waals surface area contributed by atoms with E-state index in [0.29, 0.717) is 18.6 Å². The van der Waals surface area contributed by atoms with Crippen LogP contribution < -0.4 is 10.2 Å². The quantitative estimate of drug-likeness (QED) is 0.869. The van der Waals surface area contributed by atoms with Crippen molar-refractivity contribution in [3.63, 3.8) is 0 Å². The van der Waals surface area contributed by atoms with Crippen LogP contribution in [0, 0.1) is 12.3 Å². The molecular formula is C17H22N2O3. The maximum absolute atomic E-state index is 11.8. The largest absolute Gasteiger partial charge is 0.484 e. The highest BCUT2D eigenvalue weighted by Gasteiger charge is 2.30. The summed E-state index contributed by atoms with van der Waals surface area (Å²) in [4.78, 5) is 23.4. The number of hydrogen-bond donors (Lipinski definition) is 1. The van der Waals surface area contributed by atoms with E-state index in [1.165, 1.54) is 0 Å². The Morgan fingerprint density at radius 2 is 2.14 bits per heavy atom. The van der Waals surface area contributed by atoms with Gasteiger partial charge in [-0.3, -0.25) is 9.59 Å². The third-order valence-corrected chi connectivity index (χ3v) is 3.46. The summed E-state index contributed by atoms with van der Waals surface area (Å²) in [5.74, 6) is 0.488. The van der Waals surface area contributed by atoms with E-state index >= 15 is 0 Å². The molecule has 0 unspecified atom stereocenters. The van der Waals surface area contributed by atoms with Gasteiger partial charge in [0, 0.05) is 18.6 Å². The number of nitrogens with one attached hydrogen (secondary N) is 1. The Hall–Kier alpha value is -2.17. The predicted molar refractivity (Wildman–Crippen MR) is 84.9 cm³/mol. The Morgan fingerprint density at radius 1 is 1.36 bits per heavy atom. The number of benzene rings is 1. The molecule has 1 aliphatic carbocycles. The molecular weight excluding hydrogens is 280 g/mol. The molecule has 0 radical (unpaired) electrons. The Kier molecular flexibility index (Phi) is 4.96. The first-order valence-electron chi connectivity index (χ1n) is 7.39. The van der Waals surface area contributed by atoms with E-state index in [1.54, 1.807) is 6.07 Å². The minimum Gasteiger partial charge on any atom is -0.484 e. The fraction of sp³-hybridized carbons (Fsp3) is 0.471. The average Bonchev–Trinajstić information content (AvgIpc) is 2.41. The molecule has 118 valence electrons. The van der Waals surface area contributed by atoms with E-state index in [0.717, 1.165) is 17.7 Å². The molecule has 0 atom stereocenters. The van der Waals surface area contributed by atoms with Gasteiger partial charge in [-0.05, 0) is 36.5 Å². The van der Waals surface area contributed by atoms with E-state index in [9.17, 15) is 9.59 Å². The van der Waals surface area contributed by atoms with Crippen molar-refractivity contribution < 1.29 is 14.3 Å². The molecule has 1 saturated carbocycles. The Balaban J connectivity index is 1.84. The summed E-state index contributed by atoms with van der Waals surface area (Å²) in [6.45, 7) is 5.92. The Morgan fingerprint density at radius 3 is 2.82 bits per heavy atom. The van der Waals surface area contributed by atoms with Crippen LogP contribution in [0.5, 0.6) is 5.75 Å². The first kappa shape index (κ1) is 16.2. The molecule has 1 aliphatic rings. The SMILES string of the molecule is Cc1cccc(OCC(=O)NN=C2CC(=O)CC(C)(C)C2)c1. The number of hydrazone groups is 1. The van der Waals surface area contributed by atoms with Gasteiger partial charge >= 0.3 is 0 Å². The molecule has 5 nitrogen and oxygen atoms in total. The minimum absolute atomic E-state index is 0.0863. The third-order valence-electron chi connectivity index (χ3n) is 3.46. The van der Waals surface area contributed by atoms with Crippen molar-refractivity contribution in [3.05, 3.63) is 29.8 Å². The molecule has 2 rings (SSSR count). The van der Waals surface area contributed by atoms with Crippen LogP contribution in [-0.2, 0) is 9.59 Å². The number of hydrogen-bond acceptors (Lipinski definition) is 4. The molecule has 0 spiro atoms. The lowest BCUT2D eigenvalue weighted by Crippen LogP contribution is -2.32. The van der Waals surface area contributed by atoms with Crippen LogP contribution in [0.1, 0.15) is 38.7 Å². The zero-order valence-electron chi connectivity index (χ0n) is 13.3. The summed E-state index contributed by atoms with van der Waals surface area (Å²) in [6.07, 6.45) is 1.61. The molecule has 1 aromatic carbocycles. The van der Waals surface area contributed by atoms with Gasteiger partial charge in [-0.2, -0.15) is 5.10 Å². The van der Waals surface area contributed by atoms with Gasteiger partial charge in [-0.25, -0.2) is 5.43 Å². The molecule has 1 fully saturated rings. The number of carbonyl (C=O) groups excluding carboxylic acids is 2. The second-order valence-corrected chi connectivity index (χ2v) is 6.55. The second kappa shape index (κ2) is 6.73. The van der Waals surface area contributed by atoms with Crippen molar-refractivity contribution in [2.45, 2.75) is 40.0 Å². The summed E-state index contributed by atoms with van der Waals surface area (Å²) in [5.41, 5.74) is 4.18. The number of Topliss-reactive ketones (excluding diaryl/α,β-unsaturated/α-hetero) is 1. The van der Waals surface area contributed by atoms with E-state index in [-0.39, 0.29) is 23.7 Å². The highest BCUT2D eigenvalue weighted by Crippen LogP contribution is 2.31. The molecule has 1 N–H and O–H groups in total. The van der Waals surface area contributed by atoms with Crippen LogP contribution in [-0.4, -0.2) is 24.0 Å². The van der Waals surface area contributed by atoms with Gasteiger partial charge < -0.3 is 4.74 Å². The first-order valence-corrected chi connectivity index (χ1v) is 7.39. The third kappa shape index (κ3) is 4.98. The summed E-state index contributed by atoms with van der Waals surface area (Å²) in [7, 11) is 0.